The van der Waals surface area contributed by atoms with E-state index < -0.39 is 0 Å². The highest BCUT2D eigenvalue weighted by molar-refractivity contribution is 8.23. The lowest BCUT2D eigenvalue weighted by molar-refractivity contribution is -0.113. The first-order valence-corrected chi connectivity index (χ1v) is 12.1. The van der Waals surface area contributed by atoms with Crippen LogP contribution in [0.2, 0.25) is 0 Å². The van der Waals surface area contributed by atoms with Gasteiger partial charge in [-0.1, -0.05) is 115 Å². The molecule has 0 N–H and O–H groups in total. The molecule has 0 unspecified atom stereocenters. The lowest BCUT2D eigenvalue weighted by atomic mass is 9.94. The molecule has 4 rings (SSSR count). The first kappa shape index (κ1) is 22.9. The van der Waals surface area contributed by atoms with Crippen molar-refractivity contribution in [3.05, 3.63) is 119 Å². The Morgan fingerprint density at radius 1 is 0.788 bits per heavy atom. The molecule has 1 heterocycles. The third-order valence-corrected chi connectivity index (χ3v) is 6.79. The van der Waals surface area contributed by atoms with Gasteiger partial charge in [0.15, 0.2) is 11.6 Å². The molecule has 0 aliphatic carbocycles. The zero-order valence-corrected chi connectivity index (χ0v) is 19.6. The molecule has 0 bridgehead atoms. The van der Waals surface area contributed by atoms with Gasteiger partial charge in [-0.3, -0.25) is 9.59 Å². The average Bonchev–Trinajstić information content (AvgIpc) is 2.86. The van der Waals surface area contributed by atoms with Gasteiger partial charge in [0.2, 0.25) is 0 Å². The summed E-state index contributed by atoms with van der Waals surface area (Å²) in [5.41, 5.74) is 3.99. The normalized spacial score (nSPS) is 16.2. The number of rotatable bonds is 5. The van der Waals surface area contributed by atoms with Gasteiger partial charge in [-0.25, -0.2) is 0 Å². The molecule has 5 heteroatoms. The van der Waals surface area contributed by atoms with Crippen LogP contribution in [0.1, 0.15) is 21.5 Å². The van der Waals surface area contributed by atoms with E-state index in [4.69, 9.17) is 12.2 Å². The third-order valence-electron chi connectivity index (χ3n) is 5.27. The van der Waals surface area contributed by atoms with Gasteiger partial charge in [-0.05, 0) is 23.3 Å². The number of hydrogen-bond acceptors (Lipinski definition) is 4. The number of likely N-dealkylation sites (tertiary alicyclic amines) is 1. The number of benzene rings is 3. The molecule has 0 radical (unpaired) electrons. The van der Waals surface area contributed by atoms with Crippen LogP contribution in [0.3, 0.4) is 0 Å². The zero-order chi connectivity index (χ0) is 23.0. The molecule has 1 aliphatic heterocycles. The Morgan fingerprint density at radius 3 is 1.73 bits per heavy atom. The number of Topliss-reactive ketones (excluding diaryl/α,β-unsaturated/α-hetero) is 2. The van der Waals surface area contributed by atoms with E-state index in [1.807, 2.05) is 108 Å². The summed E-state index contributed by atoms with van der Waals surface area (Å²) in [6.07, 6.45) is 3.85. The maximum Gasteiger partial charge on any atom is 0.188 e. The molecular weight excluding hydrogens is 446 g/mol. The molecule has 0 aromatic heterocycles. The van der Waals surface area contributed by atoms with Crippen molar-refractivity contribution in [1.29, 1.82) is 0 Å². The lowest BCUT2D eigenvalue weighted by Crippen LogP contribution is -2.40. The van der Waals surface area contributed by atoms with Crippen molar-refractivity contribution < 1.29 is 9.59 Å². The SMILES string of the molecule is O=C1/C(=C/c2ccccc2)CN(C(=S)SCC(=O)c2ccccc2)C/C1=C\c1ccccc1. The summed E-state index contributed by atoms with van der Waals surface area (Å²) in [5.74, 6) is 0.339. The number of carbonyl (C=O) groups excluding carboxylic acids is 2. The summed E-state index contributed by atoms with van der Waals surface area (Å²) in [6, 6.07) is 28.8. The zero-order valence-electron chi connectivity index (χ0n) is 18.0. The van der Waals surface area contributed by atoms with Crippen molar-refractivity contribution in [3.63, 3.8) is 0 Å². The largest absolute Gasteiger partial charge is 0.349 e. The molecular formula is C28H23NO2S2. The fraction of sp³-hybridized carbons (Fsp3) is 0.107. The second kappa shape index (κ2) is 11.0. The maximum atomic E-state index is 13.3. The molecule has 3 aromatic carbocycles. The van der Waals surface area contributed by atoms with Gasteiger partial charge in [0.25, 0.3) is 0 Å². The molecule has 0 saturated carbocycles. The Balaban J connectivity index is 1.55. The maximum absolute atomic E-state index is 13.3. The first-order valence-electron chi connectivity index (χ1n) is 10.7. The molecule has 3 aromatic rings. The Hall–Kier alpha value is -3.28. The third kappa shape index (κ3) is 6.15. The monoisotopic (exact) mass is 469 g/mol. The second-order valence-electron chi connectivity index (χ2n) is 7.69. The average molecular weight is 470 g/mol. The van der Waals surface area contributed by atoms with Crippen molar-refractivity contribution in [3.8, 4) is 0 Å². The number of thioether (sulfide) groups is 1. The van der Waals surface area contributed by atoms with Gasteiger partial charge >= 0.3 is 0 Å². The summed E-state index contributed by atoms with van der Waals surface area (Å²) in [4.78, 5) is 27.8. The van der Waals surface area contributed by atoms with E-state index >= 15 is 0 Å². The second-order valence-corrected chi connectivity index (χ2v) is 9.30. The number of ketones is 2. The lowest BCUT2D eigenvalue weighted by Gasteiger charge is -2.31. The topological polar surface area (TPSA) is 37.4 Å². The molecule has 164 valence electrons. The highest BCUT2D eigenvalue weighted by Crippen LogP contribution is 2.25. The van der Waals surface area contributed by atoms with Crippen molar-refractivity contribution in [2.75, 3.05) is 18.8 Å². The quantitative estimate of drug-likeness (QED) is 0.263. The first-order chi connectivity index (χ1) is 16.1. The van der Waals surface area contributed by atoms with Crippen molar-refractivity contribution in [2.45, 2.75) is 0 Å². The van der Waals surface area contributed by atoms with Gasteiger partial charge in [0.05, 0.1) is 5.75 Å². The Kier molecular flexibility index (Phi) is 7.66. The van der Waals surface area contributed by atoms with Gasteiger partial charge in [0, 0.05) is 29.8 Å². The Labute approximate surface area is 203 Å². The Bertz CT molecular complexity index is 1140. The van der Waals surface area contributed by atoms with E-state index in [1.54, 1.807) is 0 Å². The number of nitrogens with zero attached hydrogens (tertiary/aromatic N) is 1. The van der Waals surface area contributed by atoms with Crippen LogP contribution in [0.15, 0.2) is 102 Å². The number of piperidine rings is 1. The molecule has 3 nitrogen and oxygen atoms in total. The highest BCUT2D eigenvalue weighted by Gasteiger charge is 2.28. The fourth-order valence-electron chi connectivity index (χ4n) is 3.60. The fourth-order valence-corrected chi connectivity index (χ4v) is 4.63. The summed E-state index contributed by atoms with van der Waals surface area (Å²) >= 11 is 7.03. The number of hydrogen-bond donors (Lipinski definition) is 0. The van der Waals surface area contributed by atoms with Gasteiger partial charge < -0.3 is 4.90 Å². The van der Waals surface area contributed by atoms with Crippen LogP contribution in [0, 0.1) is 0 Å². The number of carbonyl (C=O) groups is 2. The molecule has 0 atom stereocenters. The van der Waals surface area contributed by atoms with Crippen LogP contribution >= 0.6 is 24.0 Å². The van der Waals surface area contributed by atoms with E-state index in [1.165, 1.54) is 11.8 Å². The van der Waals surface area contributed by atoms with Crippen molar-refractivity contribution >= 4 is 52.0 Å². The molecule has 1 aliphatic rings. The predicted octanol–water partition coefficient (Wildman–Crippen LogP) is 5.94. The van der Waals surface area contributed by atoms with Crippen LogP contribution in [-0.2, 0) is 4.79 Å². The van der Waals surface area contributed by atoms with E-state index in [2.05, 4.69) is 0 Å². The minimum absolute atomic E-state index is 0.0344. The molecule has 0 spiro atoms. The van der Waals surface area contributed by atoms with Crippen molar-refractivity contribution in [1.82, 2.24) is 4.90 Å². The highest BCUT2D eigenvalue weighted by atomic mass is 32.2. The standard InChI is InChI=1S/C28H23NO2S2/c30-26(23-14-8-3-9-15-23)20-33-28(32)29-18-24(16-21-10-4-1-5-11-21)27(31)25(19-29)17-22-12-6-2-7-13-22/h1-17H,18-20H2/b24-16+,25-17+. The van der Waals surface area contributed by atoms with Crippen molar-refractivity contribution in [2.24, 2.45) is 0 Å². The predicted molar refractivity (Wildman–Crippen MR) is 141 cm³/mol. The minimum atomic E-state index is 0.0344. The van der Waals surface area contributed by atoms with Crippen LogP contribution in [0.5, 0.6) is 0 Å². The van der Waals surface area contributed by atoms with Crippen LogP contribution in [0.25, 0.3) is 12.2 Å². The van der Waals surface area contributed by atoms with Gasteiger partial charge in [-0.15, -0.1) is 0 Å². The minimum Gasteiger partial charge on any atom is -0.349 e. The molecule has 33 heavy (non-hydrogen) atoms. The van der Waals surface area contributed by atoms with Crippen LogP contribution in [-0.4, -0.2) is 39.6 Å². The van der Waals surface area contributed by atoms with E-state index in [0.29, 0.717) is 34.1 Å². The summed E-state index contributed by atoms with van der Waals surface area (Å²) in [7, 11) is 0. The van der Waals surface area contributed by atoms with E-state index in [9.17, 15) is 9.59 Å². The van der Waals surface area contributed by atoms with Crippen LogP contribution < -0.4 is 0 Å². The smallest absolute Gasteiger partial charge is 0.188 e. The van der Waals surface area contributed by atoms with E-state index in [0.717, 1.165) is 11.1 Å². The van der Waals surface area contributed by atoms with E-state index in [-0.39, 0.29) is 17.3 Å². The summed E-state index contributed by atoms with van der Waals surface area (Å²) < 4.78 is 0.615. The summed E-state index contributed by atoms with van der Waals surface area (Å²) in [5, 5.41) is 0. The Morgan fingerprint density at radius 2 is 1.24 bits per heavy atom. The number of thiocarbonyl (C=S) groups is 1. The van der Waals surface area contributed by atoms with Gasteiger partial charge in [0.1, 0.15) is 4.32 Å². The molecule has 0 amide bonds. The summed E-state index contributed by atoms with van der Waals surface area (Å²) in [6.45, 7) is 0.844. The van der Waals surface area contributed by atoms with Crippen LogP contribution in [0.4, 0.5) is 0 Å². The molecule has 1 fully saturated rings. The molecule has 1 saturated heterocycles. The van der Waals surface area contributed by atoms with Gasteiger partial charge in [-0.2, -0.15) is 0 Å².